The quantitative estimate of drug-likeness (QED) is 0.754. The molecular weight excluding hydrogens is 230 g/mol. The van der Waals surface area contributed by atoms with Crippen LogP contribution in [-0.4, -0.2) is 27.5 Å². The number of aromatic nitrogens is 2. The molecule has 0 aliphatic rings. The Morgan fingerprint density at radius 2 is 2.06 bits per heavy atom. The molecule has 17 heavy (non-hydrogen) atoms. The van der Waals surface area contributed by atoms with Crippen LogP contribution in [0.15, 0.2) is 12.4 Å². The highest BCUT2D eigenvalue weighted by molar-refractivity contribution is 7.99. The molecule has 0 spiro atoms. The topological polar surface area (TPSA) is 37.8 Å². The van der Waals surface area contributed by atoms with E-state index in [2.05, 4.69) is 43.0 Å². The van der Waals surface area contributed by atoms with Crippen LogP contribution in [0.5, 0.6) is 0 Å². The molecule has 1 rings (SSSR count). The van der Waals surface area contributed by atoms with Gasteiger partial charge in [0.25, 0.3) is 0 Å². The lowest BCUT2D eigenvalue weighted by molar-refractivity contribution is 0.759. The van der Waals surface area contributed by atoms with Crippen LogP contribution < -0.4 is 5.32 Å². The van der Waals surface area contributed by atoms with Crippen LogP contribution in [0.2, 0.25) is 0 Å². The summed E-state index contributed by atoms with van der Waals surface area (Å²) in [5, 5.41) is 3.43. The van der Waals surface area contributed by atoms with Crippen molar-refractivity contribution in [1.29, 1.82) is 0 Å². The van der Waals surface area contributed by atoms with Gasteiger partial charge in [-0.25, -0.2) is 9.97 Å². The molecule has 0 saturated carbocycles. The van der Waals surface area contributed by atoms with E-state index in [4.69, 9.17) is 0 Å². The molecule has 96 valence electrons. The molecule has 1 atom stereocenters. The Hall–Kier alpha value is -0.770. The van der Waals surface area contributed by atoms with Gasteiger partial charge in [-0.05, 0) is 30.8 Å². The highest BCUT2D eigenvalue weighted by Gasteiger charge is 2.06. The summed E-state index contributed by atoms with van der Waals surface area (Å²) in [7, 11) is 0. The number of rotatable bonds is 7. The Balaban J connectivity index is 2.47. The Kier molecular flexibility index (Phi) is 6.34. The lowest BCUT2D eigenvalue weighted by atomic mass is 10.1. The molecule has 1 aromatic rings. The van der Waals surface area contributed by atoms with E-state index >= 15 is 0 Å². The van der Waals surface area contributed by atoms with E-state index in [1.807, 2.05) is 17.8 Å². The normalized spacial score (nSPS) is 12.8. The largest absolute Gasteiger partial charge is 0.367 e. The molecule has 0 amide bonds. The second-order valence-electron chi connectivity index (χ2n) is 4.51. The van der Waals surface area contributed by atoms with E-state index in [-0.39, 0.29) is 0 Å². The molecule has 0 saturated heterocycles. The molecule has 4 heteroatoms. The molecule has 0 fully saturated rings. The third kappa shape index (κ3) is 5.39. The molecule has 0 radical (unpaired) electrons. The highest BCUT2D eigenvalue weighted by atomic mass is 32.2. The highest BCUT2D eigenvalue weighted by Crippen LogP contribution is 2.15. The summed E-state index contributed by atoms with van der Waals surface area (Å²) in [5.74, 6) is 3.78. The molecular formula is C13H23N3S. The van der Waals surface area contributed by atoms with Crippen LogP contribution in [0, 0.1) is 0 Å². The summed E-state index contributed by atoms with van der Waals surface area (Å²) in [5.41, 5.74) is 1.10. The number of thioether (sulfide) groups is 1. The van der Waals surface area contributed by atoms with Crippen molar-refractivity contribution in [3.8, 4) is 0 Å². The molecule has 0 aliphatic carbocycles. The maximum absolute atomic E-state index is 4.27. The number of anilines is 1. The number of nitrogens with zero attached hydrogens (tertiary/aromatic N) is 2. The summed E-state index contributed by atoms with van der Waals surface area (Å²) < 4.78 is 0. The van der Waals surface area contributed by atoms with Gasteiger partial charge < -0.3 is 5.32 Å². The van der Waals surface area contributed by atoms with Gasteiger partial charge in [0, 0.05) is 17.8 Å². The van der Waals surface area contributed by atoms with Crippen LogP contribution in [0.1, 0.15) is 45.7 Å². The van der Waals surface area contributed by atoms with Crippen LogP contribution in [0.25, 0.3) is 0 Å². The molecule has 1 unspecified atom stereocenters. The average molecular weight is 253 g/mol. The Morgan fingerprint density at radius 3 is 2.71 bits per heavy atom. The van der Waals surface area contributed by atoms with Crippen molar-refractivity contribution in [1.82, 2.24) is 9.97 Å². The number of hydrogen-bond acceptors (Lipinski definition) is 4. The molecule has 0 bridgehead atoms. The lowest BCUT2D eigenvalue weighted by Gasteiger charge is -2.15. The number of nitrogens with one attached hydrogen (secondary N) is 1. The molecule has 3 nitrogen and oxygen atoms in total. The zero-order valence-electron chi connectivity index (χ0n) is 11.2. The van der Waals surface area contributed by atoms with Crippen LogP contribution in [0.3, 0.4) is 0 Å². The van der Waals surface area contributed by atoms with Gasteiger partial charge in [0.1, 0.15) is 12.1 Å². The van der Waals surface area contributed by atoms with Crippen molar-refractivity contribution in [3.05, 3.63) is 18.1 Å². The minimum absolute atomic E-state index is 0.449. The standard InChI is InChI=1S/C13H23N3S/c1-5-17-7-6-11(4)16-13-8-12(10(2)3)14-9-15-13/h8-11H,5-7H2,1-4H3,(H,14,15,16). The maximum Gasteiger partial charge on any atom is 0.129 e. The predicted molar refractivity (Wildman–Crippen MR) is 76.8 cm³/mol. The van der Waals surface area contributed by atoms with E-state index < -0.39 is 0 Å². The maximum atomic E-state index is 4.27. The third-order valence-corrected chi connectivity index (χ3v) is 3.51. The fourth-order valence-corrected chi connectivity index (χ4v) is 2.30. The van der Waals surface area contributed by atoms with Crippen molar-refractivity contribution in [3.63, 3.8) is 0 Å². The summed E-state index contributed by atoms with van der Waals surface area (Å²) in [6.07, 6.45) is 2.81. The molecule has 1 heterocycles. The predicted octanol–water partition coefficient (Wildman–Crippen LogP) is 3.54. The van der Waals surface area contributed by atoms with Crippen molar-refractivity contribution >= 4 is 17.6 Å². The minimum atomic E-state index is 0.449. The first kappa shape index (κ1) is 14.3. The van der Waals surface area contributed by atoms with E-state index in [1.165, 1.54) is 17.9 Å². The first-order chi connectivity index (χ1) is 8.13. The lowest BCUT2D eigenvalue weighted by Crippen LogP contribution is -2.17. The molecule has 1 N–H and O–H groups in total. The molecule has 0 aromatic carbocycles. The zero-order chi connectivity index (χ0) is 12.7. The summed E-state index contributed by atoms with van der Waals surface area (Å²) >= 11 is 1.98. The average Bonchev–Trinajstić information content (AvgIpc) is 2.29. The smallest absolute Gasteiger partial charge is 0.129 e. The van der Waals surface area contributed by atoms with Crippen LogP contribution in [0.4, 0.5) is 5.82 Å². The fraction of sp³-hybridized carbons (Fsp3) is 0.692. The summed E-state index contributed by atoms with van der Waals surface area (Å²) in [6, 6.07) is 2.51. The minimum Gasteiger partial charge on any atom is -0.367 e. The van der Waals surface area contributed by atoms with Crippen LogP contribution >= 0.6 is 11.8 Å². The van der Waals surface area contributed by atoms with Gasteiger partial charge in [-0.1, -0.05) is 20.8 Å². The van der Waals surface area contributed by atoms with Gasteiger partial charge in [0.05, 0.1) is 0 Å². The summed E-state index contributed by atoms with van der Waals surface area (Å²) in [4.78, 5) is 8.53. The van der Waals surface area contributed by atoms with Gasteiger partial charge in [0.15, 0.2) is 0 Å². The van der Waals surface area contributed by atoms with Crippen molar-refractivity contribution < 1.29 is 0 Å². The van der Waals surface area contributed by atoms with Gasteiger partial charge in [-0.2, -0.15) is 11.8 Å². The number of hydrogen-bond donors (Lipinski definition) is 1. The first-order valence-corrected chi connectivity index (χ1v) is 7.45. The fourth-order valence-electron chi connectivity index (χ4n) is 1.50. The Bertz CT molecular complexity index is 328. The molecule has 0 aliphatic heterocycles. The molecule has 1 aromatic heterocycles. The van der Waals surface area contributed by atoms with Crippen LogP contribution in [-0.2, 0) is 0 Å². The van der Waals surface area contributed by atoms with Gasteiger partial charge >= 0.3 is 0 Å². The van der Waals surface area contributed by atoms with E-state index in [1.54, 1.807) is 6.33 Å². The zero-order valence-corrected chi connectivity index (χ0v) is 12.0. The van der Waals surface area contributed by atoms with E-state index in [9.17, 15) is 0 Å². The van der Waals surface area contributed by atoms with Gasteiger partial charge in [0.2, 0.25) is 0 Å². The van der Waals surface area contributed by atoms with Gasteiger partial charge in [-0.3, -0.25) is 0 Å². The Morgan fingerprint density at radius 1 is 1.29 bits per heavy atom. The third-order valence-electron chi connectivity index (χ3n) is 2.57. The monoisotopic (exact) mass is 253 g/mol. The van der Waals surface area contributed by atoms with Gasteiger partial charge in [-0.15, -0.1) is 0 Å². The van der Waals surface area contributed by atoms with E-state index in [0.717, 1.165) is 11.5 Å². The SMILES string of the molecule is CCSCCC(C)Nc1cc(C(C)C)ncn1. The second-order valence-corrected chi connectivity index (χ2v) is 5.91. The van der Waals surface area contributed by atoms with E-state index in [0.29, 0.717) is 12.0 Å². The first-order valence-electron chi connectivity index (χ1n) is 6.29. The Labute approximate surface area is 109 Å². The second kappa shape index (κ2) is 7.54. The van der Waals surface area contributed by atoms with Crippen molar-refractivity contribution in [2.45, 2.75) is 46.1 Å². The van der Waals surface area contributed by atoms with Crippen molar-refractivity contribution in [2.75, 3.05) is 16.8 Å². The summed E-state index contributed by atoms with van der Waals surface area (Å²) in [6.45, 7) is 8.69. The van der Waals surface area contributed by atoms with Crippen molar-refractivity contribution in [2.24, 2.45) is 0 Å².